The van der Waals surface area contributed by atoms with Crippen LogP contribution >= 0.6 is 0 Å². The summed E-state index contributed by atoms with van der Waals surface area (Å²) in [4.78, 5) is 38.1. The number of allylic oxidation sites excluding steroid dienone is 20. The third-order valence-electron chi connectivity index (χ3n) is 13.0. The summed E-state index contributed by atoms with van der Waals surface area (Å²) >= 11 is 0. The summed E-state index contributed by atoms with van der Waals surface area (Å²) in [7, 11) is 0. The van der Waals surface area contributed by atoms with Crippen LogP contribution in [0.4, 0.5) is 0 Å². The summed E-state index contributed by atoms with van der Waals surface area (Å²) in [6, 6.07) is 0. The Morgan fingerprint density at radius 2 is 0.533 bits per heavy atom. The number of ether oxygens (including phenoxy) is 3. The highest BCUT2D eigenvalue weighted by Crippen LogP contribution is 2.15. The quantitative estimate of drug-likeness (QED) is 0.0261. The lowest BCUT2D eigenvalue weighted by Crippen LogP contribution is -2.30. The molecule has 6 heteroatoms. The van der Waals surface area contributed by atoms with Crippen molar-refractivity contribution in [3.63, 3.8) is 0 Å². The molecule has 6 nitrogen and oxygen atoms in total. The molecule has 0 aromatic carbocycles. The van der Waals surface area contributed by atoms with Crippen LogP contribution in [0.25, 0.3) is 0 Å². The third-order valence-corrected chi connectivity index (χ3v) is 13.0. The molecule has 0 saturated carbocycles. The van der Waals surface area contributed by atoms with Gasteiger partial charge in [0.15, 0.2) is 6.10 Å². The highest BCUT2D eigenvalue weighted by molar-refractivity contribution is 5.71. The Bertz CT molecular complexity index is 1570. The van der Waals surface area contributed by atoms with Crippen LogP contribution in [0.5, 0.6) is 0 Å². The summed E-state index contributed by atoms with van der Waals surface area (Å²) in [5, 5.41) is 0. The Balaban J connectivity index is 4.39. The number of rotatable bonds is 55. The molecule has 0 N–H and O–H groups in total. The van der Waals surface area contributed by atoms with Gasteiger partial charge in [-0.15, -0.1) is 0 Å². The highest BCUT2D eigenvalue weighted by atomic mass is 16.6. The van der Waals surface area contributed by atoms with Crippen molar-refractivity contribution in [1.82, 2.24) is 0 Å². The molecule has 0 heterocycles. The first-order valence-electron chi connectivity index (χ1n) is 31.0. The van der Waals surface area contributed by atoms with Crippen molar-refractivity contribution < 1.29 is 28.6 Å². The molecular weight excluding hydrogens is 925 g/mol. The van der Waals surface area contributed by atoms with Crippen molar-refractivity contribution in [2.45, 2.75) is 284 Å². The molecule has 0 aliphatic heterocycles. The van der Waals surface area contributed by atoms with Crippen molar-refractivity contribution in [2.75, 3.05) is 13.2 Å². The number of hydrogen-bond donors (Lipinski definition) is 0. The number of esters is 3. The number of hydrogen-bond acceptors (Lipinski definition) is 6. The Morgan fingerprint density at radius 3 is 0.880 bits per heavy atom. The molecule has 0 spiro atoms. The van der Waals surface area contributed by atoms with E-state index in [0.717, 1.165) is 103 Å². The first-order valence-corrected chi connectivity index (χ1v) is 31.0. The van der Waals surface area contributed by atoms with E-state index in [0.29, 0.717) is 19.3 Å². The maximum absolute atomic E-state index is 12.9. The van der Waals surface area contributed by atoms with E-state index < -0.39 is 6.10 Å². The summed E-state index contributed by atoms with van der Waals surface area (Å²) in [6.07, 6.45) is 86.4. The standard InChI is InChI=1S/C69H114O6/c1-4-7-10-13-16-19-22-24-26-28-30-31-32-33-34-35-36-37-38-39-40-42-43-45-47-50-53-56-59-62-68(71)74-65-66(64-73-67(70)61-58-55-52-49-21-18-15-12-9-6-3)75-69(72)63-60-57-54-51-48-46-44-41-29-27-25-23-20-17-14-11-8-5-2/h7,10,16,19,24,26-27,29-31,33-34,36-37,39-40,43,45,50,53,66H,4-6,8-9,11-15,17-18,20-23,25,28,32,35,38,41-42,44,46-49,51-52,54-65H2,1-3H3/b10-7-,19-16-,26-24-,29-27-,31-30-,34-33-,37-36-,40-39-,45-43-,53-50-. The van der Waals surface area contributed by atoms with Gasteiger partial charge in [-0.05, 0) is 109 Å². The van der Waals surface area contributed by atoms with Gasteiger partial charge in [0, 0.05) is 19.3 Å². The van der Waals surface area contributed by atoms with E-state index in [-0.39, 0.29) is 37.5 Å². The Kier molecular flexibility index (Phi) is 58.9. The molecular formula is C69H114O6. The van der Waals surface area contributed by atoms with Crippen molar-refractivity contribution in [2.24, 2.45) is 0 Å². The summed E-state index contributed by atoms with van der Waals surface area (Å²) < 4.78 is 16.8. The molecule has 75 heavy (non-hydrogen) atoms. The molecule has 0 radical (unpaired) electrons. The first kappa shape index (κ1) is 70.8. The van der Waals surface area contributed by atoms with Crippen molar-refractivity contribution in [1.29, 1.82) is 0 Å². The second kappa shape index (κ2) is 62.4. The number of carbonyl (C=O) groups excluding carboxylic acids is 3. The van der Waals surface area contributed by atoms with Gasteiger partial charge in [-0.2, -0.15) is 0 Å². The van der Waals surface area contributed by atoms with Crippen LogP contribution in [0.15, 0.2) is 122 Å². The van der Waals surface area contributed by atoms with Crippen LogP contribution < -0.4 is 0 Å². The van der Waals surface area contributed by atoms with Gasteiger partial charge >= 0.3 is 17.9 Å². The van der Waals surface area contributed by atoms with Crippen LogP contribution in [0.3, 0.4) is 0 Å². The molecule has 0 saturated heterocycles. The Hall–Kier alpha value is -4.19. The van der Waals surface area contributed by atoms with Crippen LogP contribution in [0, 0.1) is 0 Å². The average molecular weight is 1040 g/mol. The van der Waals surface area contributed by atoms with Gasteiger partial charge in [0.1, 0.15) is 13.2 Å². The normalized spacial score (nSPS) is 12.9. The number of unbranched alkanes of at least 4 members (excludes halogenated alkanes) is 24. The molecule has 0 amide bonds. The maximum atomic E-state index is 12.9. The van der Waals surface area contributed by atoms with E-state index in [4.69, 9.17) is 14.2 Å². The van der Waals surface area contributed by atoms with Gasteiger partial charge in [-0.1, -0.05) is 271 Å². The second-order valence-electron chi connectivity index (χ2n) is 20.2. The Labute approximate surface area is 462 Å². The molecule has 1 unspecified atom stereocenters. The largest absolute Gasteiger partial charge is 0.462 e. The minimum atomic E-state index is -0.805. The molecule has 0 fully saturated rings. The van der Waals surface area contributed by atoms with Crippen LogP contribution in [-0.2, 0) is 28.6 Å². The average Bonchev–Trinajstić information content (AvgIpc) is 3.41. The fraction of sp³-hybridized carbons (Fsp3) is 0.667. The minimum absolute atomic E-state index is 0.0978. The van der Waals surface area contributed by atoms with E-state index in [1.807, 2.05) is 0 Å². The van der Waals surface area contributed by atoms with Gasteiger partial charge < -0.3 is 14.2 Å². The van der Waals surface area contributed by atoms with Gasteiger partial charge in [0.05, 0.1) is 0 Å². The number of carbonyl (C=O) groups is 3. The molecule has 0 aromatic heterocycles. The highest BCUT2D eigenvalue weighted by Gasteiger charge is 2.19. The summed E-state index contributed by atoms with van der Waals surface area (Å²) in [5.74, 6) is -0.964. The monoisotopic (exact) mass is 1040 g/mol. The van der Waals surface area contributed by atoms with E-state index in [9.17, 15) is 14.4 Å². The minimum Gasteiger partial charge on any atom is -0.462 e. The topological polar surface area (TPSA) is 78.9 Å². The fourth-order valence-electron chi connectivity index (χ4n) is 8.32. The maximum Gasteiger partial charge on any atom is 0.306 e. The third kappa shape index (κ3) is 60.6. The van der Waals surface area contributed by atoms with Gasteiger partial charge in [0.25, 0.3) is 0 Å². The Morgan fingerprint density at radius 1 is 0.280 bits per heavy atom. The zero-order valence-corrected chi connectivity index (χ0v) is 48.8. The predicted molar refractivity (Wildman–Crippen MR) is 325 cm³/mol. The van der Waals surface area contributed by atoms with Crippen molar-refractivity contribution >= 4 is 17.9 Å². The van der Waals surface area contributed by atoms with E-state index >= 15 is 0 Å². The van der Waals surface area contributed by atoms with Gasteiger partial charge in [0.2, 0.25) is 0 Å². The zero-order chi connectivity index (χ0) is 54.3. The van der Waals surface area contributed by atoms with Crippen LogP contribution in [-0.4, -0.2) is 37.2 Å². The molecule has 0 rings (SSSR count). The molecule has 426 valence electrons. The SMILES string of the molecule is CC/C=C\C/C=C\C/C=C\C/C=C\C/C=C\C/C=C\C/C=C\C/C=C\C/C=C\CCCC(=O)OCC(COC(=O)CCCCCCCCCCCC)OC(=O)CCCCCCCCC/C=C\CCCCCCCCC. The second-order valence-corrected chi connectivity index (χ2v) is 20.2. The van der Waals surface area contributed by atoms with E-state index in [1.165, 1.54) is 128 Å². The van der Waals surface area contributed by atoms with Gasteiger partial charge in [-0.3, -0.25) is 14.4 Å². The molecule has 1 atom stereocenters. The molecule has 0 aromatic rings. The lowest BCUT2D eigenvalue weighted by Gasteiger charge is -2.18. The van der Waals surface area contributed by atoms with Crippen LogP contribution in [0.2, 0.25) is 0 Å². The van der Waals surface area contributed by atoms with E-state index in [1.54, 1.807) is 0 Å². The van der Waals surface area contributed by atoms with E-state index in [2.05, 4.69) is 142 Å². The predicted octanol–water partition coefficient (Wildman–Crippen LogP) is 21.2. The lowest BCUT2D eigenvalue weighted by atomic mass is 10.1. The zero-order valence-electron chi connectivity index (χ0n) is 48.8. The summed E-state index contributed by atoms with van der Waals surface area (Å²) in [6.45, 7) is 6.47. The van der Waals surface area contributed by atoms with Gasteiger partial charge in [-0.25, -0.2) is 0 Å². The lowest BCUT2D eigenvalue weighted by molar-refractivity contribution is -0.167. The fourth-order valence-corrected chi connectivity index (χ4v) is 8.32. The first-order chi connectivity index (χ1) is 37.0. The molecule has 0 aliphatic carbocycles. The smallest absolute Gasteiger partial charge is 0.306 e. The van der Waals surface area contributed by atoms with Crippen molar-refractivity contribution in [3.8, 4) is 0 Å². The molecule has 0 bridgehead atoms. The van der Waals surface area contributed by atoms with Crippen molar-refractivity contribution in [3.05, 3.63) is 122 Å². The summed E-state index contributed by atoms with van der Waals surface area (Å²) in [5.41, 5.74) is 0. The molecule has 0 aliphatic rings. The van der Waals surface area contributed by atoms with Crippen LogP contribution in [0.1, 0.15) is 278 Å².